The lowest BCUT2D eigenvalue weighted by atomic mass is 10.1. The van der Waals surface area contributed by atoms with Crippen LogP contribution in [0.2, 0.25) is 0 Å². The van der Waals surface area contributed by atoms with Gasteiger partial charge in [0, 0.05) is 44.9 Å². The highest BCUT2D eigenvalue weighted by molar-refractivity contribution is 7.88. The number of halogens is 1. The van der Waals surface area contributed by atoms with Crippen molar-refractivity contribution in [2.75, 3.05) is 51.1 Å². The van der Waals surface area contributed by atoms with Crippen molar-refractivity contribution in [3.05, 3.63) is 30.1 Å². The number of hydrogen-bond donors (Lipinski definition) is 0. The van der Waals surface area contributed by atoms with Gasteiger partial charge in [-0.25, -0.2) is 12.8 Å². The van der Waals surface area contributed by atoms with Crippen molar-refractivity contribution in [2.45, 2.75) is 0 Å². The van der Waals surface area contributed by atoms with Crippen molar-refractivity contribution in [3.8, 4) is 0 Å². The molecule has 1 unspecified atom stereocenters. The van der Waals surface area contributed by atoms with Crippen LogP contribution in [0.1, 0.15) is 0 Å². The van der Waals surface area contributed by atoms with Crippen molar-refractivity contribution in [3.63, 3.8) is 0 Å². The third-order valence-corrected chi connectivity index (χ3v) is 4.89. The van der Waals surface area contributed by atoms with E-state index in [0.29, 0.717) is 32.8 Å². The van der Waals surface area contributed by atoms with E-state index in [-0.39, 0.29) is 11.7 Å². The van der Waals surface area contributed by atoms with Crippen LogP contribution in [0.4, 0.5) is 10.1 Å². The van der Waals surface area contributed by atoms with E-state index in [1.165, 1.54) is 22.7 Å². The maximum atomic E-state index is 13.0. The SMILES string of the molecule is COCC1CN(c2ccc(F)cc2)CCN(S(C)(=O)=O)C1. The zero-order valence-corrected chi connectivity index (χ0v) is 13.1. The average molecular weight is 316 g/mol. The van der Waals surface area contributed by atoms with Gasteiger partial charge in [0.2, 0.25) is 10.0 Å². The van der Waals surface area contributed by atoms with Crippen molar-refractivity contribution in [1.29, 1.82) is 0 Å². The highest BCUT2D eigenvalue weighted by Gasteiger charge is 2.27. The van der Waals surface area contributed by atoms with Crippen LogP contribution in [0.3, 0.4) is 0 Å². The largest absolute Gasteiger partial charge is 0.384 e. The number of benzene rings is 1. The molecule has 118 valence electrons. The van der Waals surface area contributed by atoms with Gasteiger partial charge >= 0.3 is 0 Å². The molecule has 1 saturated heterocycles. The molecule has 2 rings (SSSR count). The second-order valence-electron chi connectivity index (χ2n) is 5.36. The molecular formula is C14H21FN2O3S. The Kier molecular flexibility index (Phi) is 5.18. The molecule has 1 aromatic carbocycles. The van der Waals surface area contributed by atoms with Crippen LogP contribution < -0.4 is 4.90 Å². The summed E-state index contributed by atoms with van der Waals surface area (Å²) in [5.74, 6) is -0.197. The molecule has 1 aliphatic heterocycles. The van der Waals surface area contributed by atoms with E-state index < -0.39 is 10.0 Å². The molecule has 0 saturated carbocycles. The maximum Gasteiger partial charge on any atom is 0.211 e. The molecule has 0 radical (unpaired) electrons. The molecule has 1 fully saturated rings. The molecular weight excluding hydrogens is 295 g/mol. The summed E-state index contributed by atoms with van der Waals surface area (Å²) >= 11 is 0. The van der Waals surface area contributed by atoms with Crippen molar-refractivity contribution >= 4 is 15.7 Å². The normalized spacial score (nSPS) is 21.3. The predicted molar refractivity (Wildman–Crippen MR) is 80.4 cm³/mol. The lowest BCUT2D eigenvalue weighted by molar-refractivity contribution is 0.147. The summed E-state index contributed by atoms with van der Waals surface area (Å²) in [7, 11) is -1.61. The Hall–Kier alpha value is -1.18. The fraction of sp³-hybridized carbons (Fsp3) is 0.571. The topological polar surface area (TPSA) is 49.9 Å². The number of methoxy groups -OCH3 is 1. The molecule has 0 aromatic heterocycles. The Morgan fingerprint density at radius 2 is 1.90 bits per heavy atom. The minimum absolute atomic E-state index is 0.0808. The predicted octanol–water partition coefficient (Wildman–Crippen LogP) is 1.17. The number of nitrogens with zero attached hydrogens (tertiary/aromatic N) is 2. The first-order valence-electron chi connectivity index (χ1n) is 6.84. The van der Waals surface area contributed by atoms with Crippen LogP contribution in [0.5, 0.6) is 0 Å². The third-order valence-electron chi connectivity index (χ3n) is 3.62. The van der Waals surface area contributed by atoms with E-state index >= 15 is 0 Å². The number of anilines is 1. The van der Waals surface area contributed by atoms with Crippen molar-refractivity contribution in [2.24, 2.45) is 5.92 Å². The zero-order valence-electron chi connectivity index (χ0n) is 12.3. The third kappa shape index (κ3) is 4.39. The molecule has 0 N–H and O–H groups in total. The summed E-state index contributed by atoms with van der Waals surface area (Å²) in [6, 6.07) is 6.27. The Labute approximate surface area is 125 Å². The Morgan fingerprint density at radius 3 is 2.48 bits per heavy atom. The number of rotatable bonds is 4. The second kappa shape index (κ2) is 6.72. The van der Waals surface area contributed by atoms with E-state index in [2.05, 4.69) is 4.90 Å². The minimum Gasteiger partial charge on any atom is -0.384 e. The summed E-state index contributed by atoms with van der Waals surface area (Å²) in [5.41, 5.74) is 0.896. The van der Waals surface area contributed by atoms with Gasteiger partial charge in [-0.05, 0) is 24.3 Å². The first-order chi connectivity index (χ1) is 9.90. The van der Waals surface area contributed by atoms with Crippen LogP contribution in [0.15, 0.2) is 24.3 Å². The molecule has 1 aromatic rings. The minimum atomic E-state index is -3.22. The van der Waals surface area contributed by atoms with E-state index in [4.69, 9.17) is 4.74 Å². The van der Waals surface area contributed by atoms with Gasteiger partial charge in [0.05, 0.1) is 12.9 Å². The summed E-state index contributed by atoms with van der Waals surface area (Å²) in [5, 5.41) is 0. The van der Waals surface area contributed by atoms with Crippen LogP contribution in [-0.4, -0.2) is 58.9 Å². The van der Waals surface area contributed by atoms with Gasteiger partial charge in [-0.1, -0.05) is 0 Å². The van der Waals surface area contributed by atoms with Crippen LogP contribution in [0, 0.1) is 11.7 Å². The van der Waals surface area contributed by atoms with Crippen LogP contribution in [-0.2, 0) is 14.8 Å². The lowest BCUT2D eigenvalue weighted by Crippen LogP contribution is -2.36. The van der Waals surface area contributed by atoms with Gasteiger partial charge in [0.1, 0.15) is 5.82 Å². The maximum absolute atomic E-state index is 13.0. The fourth-order valence-corrected chi connectivity index (χ4v) is 3.50. The molecule has 7 heteroatoms. The lowest BCUT2D eigenvalue weighted by Gasteiger charge is -2.25. The number of ether oxygens (including phenoxy) is 1. The molecule has 21 heavy (non-hydrogen) atoms. The average Bonchev–Trinajstić information content (AvgIpc) is 2.62. The van der Waals surface area contributed by atoms with Gasteiger partial charge in [-0.2, -0.15) is 4.31 Å². The number of sulfonamides is 1. The Balaban J connectivity index is 2.19. The van der Waals surface area contributed by atoms with E-state index in [1.54, 1.807) is 19.2 Å². The monoisotopic (exact) mass is 316 g/mol. The zero-order chi connectivity index (χ0) is 15.5. The summed E-state index contributed by atoms with van der Waals surface area (Å²) in [4.78, 5) is 2.08. The highest BCUT2D eigenvalue weighted by Crippen LogP contribution is 2.20. The number of hydrogen-bond acceptors (Lipinski definition) is 4. The smallest absolute Gasteiger partial charge is 0.211 e. The van der Waals surface area contributed by atoms with E-state index in [0.717, 1.165) is 5.69 Å². The summed E-state index contributed by atoms with van der Waals surface area (Å²) in [6.45, 7) is 2.63. The summed E-state index contributed by atoms with van der Waals surface area (Å²) in [6.07, 6.45) is 1.23. The van der Waals surface area contributed by atoms with E-state index in [1.807, 2.05) is 0 Å². The second-order valence-corrected chi connectivity index (χ2v) is 7.35. The summed E-state index contributed by atoms with van der Waals surface area (Å²) < 4.78 is 43.3. The molecule has 0 amide bonds. The molecule has 0 bridgehead atoms. The van der Waals surface area contributed by atoms with Gasteiger partial charge < -0.3 is 9.64 Å². The molecule has 0 aliphatic carbocycles. The van der Waals surface area contributed by atoms with Crippen molar-refractivity contribution < 1.29 is 17.5 Å². The first-order valence-corrected chi connectivity index (χ1v) is 8.69. The van der Waals surface area contributed by atoms with Gasteiger partial charge in [-0.15, -0.1) is 0 Å². The van der Waals surface area contributed by atoms with Crippen LogP contribution in [0.25, 0.3) is 0 Å². The molecule has 1 aliphatic rings. The van der Waals surface area contributed by atoms with Crippen LogP contribution >= 0.6 is 0 Å². The fourth-order valence-electron chi connectivity index (χ4n) is 2.60. The van der Waals surface area contributed by atoms with Gasteiger partial charge in [-0.3, -0.25) is 0 Å². The van der Waals surface area contributed by atoms with Gasteiger partial charge in [0.15, 0.2) is 0 Å². The Bertz CT molecular complexity index is 562. The van der Waals surface area contributed by atoms with Gasteiger partial charge in [0.25, 0.3) is 0 Å². The quantitative estimate of drug-likeness (QED) is 0.837. The van der Waals surface area contributed by atoms with E-state index in [9.17, 15) is 12.8 Å². The molecule has 1 heterocycles. The highest BCUT2D eigenvalue weighted by atomic mass is 32.2. The molecule has 5 nitrogen and oxygen atoms in total. The standard InChI is InChI=1S/C14H21FN2O3S/c1-20-11-12-9-16(14-5-3-13(15)4-6-14)7-8-17(10-12)21(2,18)19/h3-6,12H,7-11H2,1-2H3. The van der Waals surface area contributed by atoms with Crippen molar-refractivity contribution in [1.82, 2.24) is 4.31 Å². The molecule has 0 spiro atoms. The first kappa shape index (κ1) is 16.2. The molecule has 1 atom stereocenters. The Morgan fingerprint density at radius 1 is 1.24 bits per heavy atom.